The number of rotatable bonds is 3. The molecule has 3 rings (SSSR count). The molecule has 2 aliphatic rings. The summed E-state index contributed by atoms with van der Waals surface area (Å²) in [5.74, 6) is 2.10. The summed E-state index contributed by atoms with van der Waals surface area (Å²) in [6, 6.07) is 4.28. The highest BCUT2D eigenvalue weighted by Gasteiger charge is 2.14. The first-order chi connectivity index (χ1) is 9.33. The maximum absolute atomic E-state index is 4.56. The fraction of sp³-hybridized carbons (Fsp3) is 0.571. The van der Waals surface area contributed by atoms with E-state index in [-0.39, 0.29) is 0 Å². The van der Waals surface area contributed by atoms with E-state index in [9.17, 15) is 0 Å². The second kappa shape index (κ2) is 5.47. The minimum Gasteiger partial charge on any atom is -0.357 e. The molecule has 0 spiro atoms. The minimum atomic E-state index is 0.788. The highest BCUT2D eigenvalue weighted by molar-refractivity contribution is 5.81. The average Bonchev–Trinajstić information content (AvgIpc) is 3.09. The third-order valence-electron chi connectivity index (χ3n) is 3.75. The number of likely N-dealkylation sites (N-methyl/N-ethyl adjacent to an activating group) is 1. The van der Waals surface area contributed by atoms with E-state index in [4.69, 9.17) is 0 Å². The van der Waals surface area contributed by atoms with Crippen molar-refractivity contribution in [2.75, 3.05) is 38.1 Å². The van der Waals surface area contributed by atoms with Crippen LogP contribution in [0.15, 0.2) is 23.3 Å². The van der Waals surface area contributed by atoms with Gasteiger partial charge in [-0.15, -0.1) is 0 Å². The van der Waals surface area contributed by atoms with Gasteiger partial charge < -0.3 is 15.1 Å². The van der Waals surface area contributed by atoms with Gasteiger partial charge in [-0.25, -0.2) is 4.98 Å². The predicted molar refractivity (Wildman–Crippen MR) is 77.5 cm³/mol. The van der Waals surface area contributed by atoms with Gasteiger partial charge in [0, 0.05) is 39.4 Å². The van der Waals surface area contributed by atoms with Gasteiger partial charge in [-0.1, -0.05) is 6.07 Å². The zero-order chi connectivity index (χ0) is 13.1. The van der Waals surface area contributed by atoms with Crippen LogP contribution in [0.1, 0.15) is 18.4 Å². The number of anilines is 1. The molecule has 1 aromatic heterocycles. The maximum atomic E-state index is 4.56. The Morgan fingerprint density at radius 3 is 2.68 bits per heavy atom. The highest BCUT2D eigenvalue weighted by Crippen LogP contribution is 2.17. The monoisotopic (exact) mass is 259 g/mol. The lowest BCUT2D eigenvalue weighted by Crippen LogP contribution is -2.35. The molecule has 0 radical (unpaired) electrons. The Morgan fingerprint density at radius 1 is 1.21 bits per heavy atom. The number of hydrogen-bond donors (Lipinski definition) is 1. The molecule has 1 saturated heterocycles. The van der Waals surface area contributed by atoms with Crippen LogP contribution in [0, 0.1) is 0 Å². The van der Waals surface area contributed by atoms with Crippen LogP contribution >= 0.6 is 0 Å². The fourth-order valence-electron chi connectivity index (χ4n) is 2.56. The topological polar surface area (TPSA) is 43.8 Å². The van der Waals surface area contributed by atoms with E-state index in [0.717, 1.165) is 44.5 Å². The second-order valence-corrected chi connectivity index (χ2v) is 5.20. The van der Waals surface area contributed by atoms with E-state index in [1.165, 1.54) is 18.4 Å². The Kier molecular flexibility index (Phi) is 3.53. The van der Waals surface area contributed by atoms with E-state index < -0.39 is 0 Å². The molecule has 19 heavy (non-hydrogen) atoms. The van der Waals surface area contributed by atoms with E-state index in [1.807, 2.05) is 6.20 Å². The third-order valence-corrected chi connectivity index (χ3v) is 3.75. The predicted octanol–water partition coefficient (Wildman–Crippen LogP) is 1.07. The fourth-order valence-corrected chi connectivity index (χ4v) is 2.56. The molecule has 3 heterocycles. The molecule has 0 aliphatic carbocycles. The zero-order valence-corrected chi connectivity index (χ0v) is 11.5. The molecule has 1 N–H and O–H groups in total. The minimum absolute atomic E-state index is 0.788. The first-order valence-corrected chi connectivity index (χ1v) is 7.02. The Bertz CT molecular complexity index is 447. The van der Waals surface area contributed by atoms with Crippen LogP contribution in [0.5, 0.6) is 0 Å². The molecular weight excluding hydrogens is 238 g/mol. The van der Waals surface area contributed by atoms with Crippen LogP contribution in [0.25, 0.3) is 0 Å². The van der Waals surface area contributed by atoms with Crippen LogP contribution in [0.3, 0.4) is 0 Å². The zero-order valence-electron chi connectivity index (χ0n) is 11.5. The van der Waals surface area contributed by atoms with Crippen molar-refractivity contribution in [1.29, 1.82) is 0 Å². The number of aliphatic imine (C=N–C) groups is 1. The smallest absolute Gasteiger partial charge is 0.194 e. The molecule has 1 aromatic rings. The third kappa shape index (κ3) is 2.80. The molecule has 5 nitrogen and oxygen atoms in total. The van der Waals surface area contributed by atoms with Crippen molar-refractivity contribution in [2.24, 2.45) is 4.99 Å². The SMILES string of the molecule is CN1CCN=C1NCc1ccc(N2CCCC2)nc1. The van der Waals surface area contributed by atoms with Gasteiger partial charge in [-0.3, -0.25) is 4.99 Å². The van der Waals surface area contributed by atoms with Gasteiger partial charge in [-0.05, 0) is 24.5 Å². The molecular formula is C14H21N5. The lowest BCUT2D eigenvalue weighted by atomic mass is 10.3. The molecule has 0 amide bonds. The number of nitrogens with one attached hydrogen (secondary N) is 1. The summed E-state index contributed by atoms with van der Waals surface area (Å²) in [5.41, 5.74) is 1.20. The largest absolute Gasteiger partial charge is 0.357 e. The Hall–Kier alpha value is -1.78. The highest BCUT2D eigenvalue weighted by atomic mass is 15.3. The first kappa shape index (κ1) is 12.3. The summed E-state index contributed by atoms with van der Waals surface area (Å²) in [4.78, 5) is 13.5. The van der Waals surface area contributed by atoms with Crippen molar-refractivity contribution in [1.82, 2.24) is 15.2 Å². The summed E-state index contributed by atoms with van der Waals surface area (Å²) >= 11 is 0. The molecule has 1 fully saturated rings. The van der Waals surface area contributed by atoms with Crippen molar-refractivity contribution in [3.05, 3.63) is 23.9 Å². The van der Waals surface area contributed by atoms with Crippen molar-refractivity contribution in [3.63, 3.8) is 0 Å². The Labute approximate surface area is 114 Å². The van der Waals surface area contributed by atoms with E-state index in [0.29, 0.717) is 0 Å². The number of aromatic nitrogens is 1. The van der Waals surface area contributed by atoms with Crippen LogP contribution in [0.4, 0.5) is 5.82 Å². The van der Waals surface area contributed by atoms with E-state index in [2.05, 4.69) is 44.3 Å². The standard InChI is InChI=1S/C14H21N5/c1-18-9-6-15-14(18)17-11-12-4-5-13(16-10-12)19-7-2-3-8-19/h4-5,10H,2-3,6-9,11H2,1H3,(H,15,17). The molecule has 5 heteroatoms. The molecule has 2 aliphatic heterocycles. The van der Waals surface area contributed by atoms with Gasteiger partial charge >= 0.3 is 0 Å². The molecule has 0 aromatic carbocycles. The normalized spacial score (nSPS) is 18.9. The van der Waals surface area contributed by atoms with Crippen molar-refractivity contribution < 1.29 is 0 Å². The summed E-state index contributed by atoms with van der Waals surface area (Å²) in [6.45, 7) is 4.98. The number of nitrogens with zero attached hydrogens (tertiary/aromatic N) is 4. The van der Waals surface area contributed by atoms with Crippen LogP contribution in [0.2, 0.25) is 0 Å². The van der Waals surface area contributed by atoms with Crippen LogP contribution in [-0.2, 0) is 6.54 Å². The average molecular weight is 259 g/mol. The maximum Gasteiger partial charge on any atom is 0.194 e. The summed E-state index contributed by atoms with van der Waals surface area (Å²) in [5, 5.41) is 3.36. The van der Waals surface area contributed by atoms with Gasteiger partial charge in [0.05, 0.1) is 6.54 Å². The van der Waals surface area contributed by atoms with Gasteiger partial charge in [0.1, 0.15) is 5.82 Å². The second-order valence-electron chi connectivity index (χ2n) is 5.20. The first-order valence-electron chi connectivity index (χ1n) is 7.02. The van der Waals surface area contributed by atoms with E-state index in [1.54, 1.807) is 0 Å². The van der Waals surface area contributed by atoms with Gasteiger partial charge in [-0.2, -0.15) is 0 Å². The van der Waals surface area contributed by atoms with Crippen molar-refractivity contribution in [3.8, 4) is 0 Å². The molecule has 0 bridgehead atoms. The van der Waals surface area contributed by atoms with Gasteiger partial charge in [0.2, 0.25) is 0 Å². The van der Waals surface area contributed by atoms with Crippen LogP contribution in [-0.4, -0.2) is 49.1 Å². The van der Waals surface area contributed by atoms with Gasteiger partial charge in [0.15, 0.2) is 5.96 Å². The lowest BCUT2D eigenvalue weighted by molar-refractivity contribution is 0.534. The number of pyridine rings is 1. The summed E-state index contributed by atoms with van der Waals surface area (Å²) in [7, 11) is 2.06. The van der Waals surface area contributed by atoms with Gasteiger partial charge in [0.25, 0.3) is 0 Å². The molecule has 102 valence electrons. The molecule has 0 atom stereocenters. The molecule has 0 saturated carbocycles. The van der Waals surface area contributed by atoms with E-state index >= 15 is 0 Å². The summed E-state index contributed by atoms with van der Waals surface area (Å²) < 4.78 is 0. The van der Waals surface area contributed by atoms with Crippen LogP contribution < -0.4 is 10.2 Å². The molecule has 0 unspecified atom stereocenters. The van der Waals surface area contributed by atoms with Crippen molar-refractivity contribution >= 4 is 11.8 Å². The number of hydrogen-bond acceptors (Lipinski definition) is 5. The number of guanidine groups is 1. The Morgan fingerprint density at radius 2 is 2.05 bits per heavy atom. The lowest BCUT2D eigenvalue weighted by Gasteiger charge is -2.17. The quantitative estimate of drug-likeness (QED) is 0.882. The summed E-state index contributed by atoms with van der Waals surface area (Å²) in [6.07, 6.45) is 4.55. The van der Waals surface area contributed by atoms with Crippen molar-refractivity contribution in [2.45, 2.75) is 19.4 Å². The Balaban J connectivity index is 1.56.